The van der Waals surface area contributed by atoms with Crippen LogP contribution in [-0.4, -0.2) is 47.1 Å². The number of aromatic hydroxyl groups is 1. The summed E-state index contributed by atoms with van der Waals surface area (Å²) < 4.78 is 0. The first-order chi connectivity index (χ1) is 8.16. The van der Waals surface area contributed by atoms with Gasteiger partial charge in [-0.1, -0.05) is 0 Å². The Morgan fingerprint density at radius 3 is 2.88 bits per heavy atom. The van der Waals surface area contributed by atoms with E-state index in [4.69, 9.17) is 0 Å². The molecular formula is C11H15N3O3. The number of H-pyrrole nitrogens is 1. The third-order valence-corrected chi connectivity index (χ3v) is 2.70. The molecule has 6 heteroatoms. The number of carbonyl (C=O) groups excluding carboxylic acids is 1. The molecule has 1 saturated heterocycles. The lowest BCUT2D eigenvalue weighted by molar-refractivity contribution is 0.0765. The number of aromatic nitrogens is 1. The minimum Gasteiger partial charge on any atom is -0.494 e. The Kier molecular flexibility index (Phi) is 3.43. The lowest BCUT2D eigenvalue weighted by atomic mass is 10.2. The molecule has 1 aliphatic heterocycles. The summed E-state index contributed by atoms with van der Waals surface area (Å²) in [6, 6.07) is 2.49. The Morgan fingerprint density at radius 1 is 1.29 bits per heavy atom. The van der Waals surface area contributed by atoms with Gasteiger partial charge >= 0.3 is 0 Å². The molecule has 0 unspecified atom stereocenters. The van der Waals surface area contributed by atoms with Crippen molar-refractivity contribution < 1.29 is 9.90 Å². The highest BCUT2D eigenvalue weighted by Crippen LogP contribution is 2.09. The van der Waals surface area contributed by atoms with Gasteiger partial charge in [-0.3, -0.25) is 14.6 Å². The van der Waals surface area contributed by atoms with Crippen LogP contribution in [0.1, 0.15) is 16.8 Å². The van der Waals surface area contributed by atoms with Crippen LogP contribution in [0.5, 0.6) is 5.88 Å². The molecule has 0 aliphatic carbocycles. The molecule has 1 aliphatic rings. The molecule has 2 heterocycles. The summed E-state index contributed by atoms with van der Waals surface area (Å²) in [4.78, 5) is 27.1. The van der Waals surface area contributed by atoms with Crippen LogP contribution in [0.3, 0.4) is 0 Å². The fraction of sp³-hybridized carbons (Fsp3) is 0.455. The summed E-state index contributed by atoms with van der Waals surface area (Å²) in [6.45, 7) is 2.93. The zero-order valence-corrected chi connectivity index (χ0v) is 9.40. The molecule has 3 N–H and O–H groups in total. The van der Waals surface area contributed by atoms with E-state index in [0.29, 0.717) is 13.1 Å². The van der Waals surface area contributed by atoms with Gasteiger partial charge in [0.05, 0.1) is 5.56 Å². The van der Waals surface area contributed by atoms with Crippen LogP contribution in [0, 0.1) is 0 Å². The molecule has 0 aromatic carbocycles. The van der Waals surface area contributed by atoms with Crippen LogP contribution < -0.4 is 10.9 Å². The first-order valence-corrected chi connectivity index (χ1v) is 5.60. The molecule has 1 aromatic rings. The van der Waals surface area contributed by atoms with Gasteiger partial charge in [0.2, 0.25) is 0 Å². The highest BCUT2D eigenvalue weighted by molar-refractivity contribution is 5.94. The Morgan fingerprint density at radius 2 is 2.12 bits per heavy atom. The SMILES string of the molecule is O=C(c1cc(O)[nH]c(=O)c1)N1CCCNCC1. The molecule has 0 bridgehead atoms. The molecule has 0 atom stereocenters. The lowest BCUT2D eigenvalue weighted by Crippen LogP contribution is -2.34. The van der Waals surface area contributed by atoms with Crippen molar-refractivity contribution in [2.75, 3.05) is 26.2 Å². The summed E-state index contributed by atoms with van der Waals surface area (Å²) in [6.07, 6.45) is 0.890. The smallest absolute Gasteiger partial charge is 0.254 e. The number of hydrogen-bond acceptors (Lipinski definition) is 4. The van der Waals surface area contributed by atoms with Crippen molar-refractivity contribution in [3.8, 4) is 5.88 Å². The summed E-state index contributed by atoms with van der Waals surface area (Å²) >= 11 is 0. The number of amides is 1. The Bertz CT molecular complexity index is 461. The van der Waals surface area contributed by atoms with E-state index in [1.165, 1.54) is 12.1 Å². The average Bonchev–Trinajstić information content (AvgIpc) is 2.55. The number of hydrogen-bond donors (Lipinski definition) is 3. The van der Waals surface area contributed by atoms with Crippen LogP contribution in [0.15, 0.2) is 16.9 Å². The van der Waals surface area contributed by atoms with Crippen molar-refractivity contribution in [2.24, 2.45) is 0 Å². The van der Waals surface area contributed by atoms with Crippen molar-refractivity contribution in [1.82, 2.24) is 15.2 Å². The average molecular weight is 237 g/mol. The number of carbonyl (C=O) groups is 1. The van der Waals surface area contributed by atoms with Crippen LogP contribution >= 0.6 is 0 Å². The predicted molar refractivity (Wildman–Crippen MR) is 62.1 cm³/mol. The van der Waals surface area contributed by atoms with Crippen molar-refractivity contribution >= 4 is 5.91 Å². The zero-order valence-electron chi connectivity index (χ0n) is 9.40. The molecule has 17 heavy (non-hydrogen) atoms. The number of pyridine rings is 1. The topological polar surface area (TPSA) is 85.4 Å². The fourth-order valence-electron chi connectivity index (χ4n) is 1.88. The van der Waals surface area contributed by atoms with Gasteiger partial charge in [0.25, 0.3) is 11.5 Å². The standard InChI is InChI=1S/C11H15N3O3/c15-9-6-8(7-10(16)13-9)11(17)14-4-1-2-12-3-5-14/h6-7,12H,1-5H2,(H2,13,15,16). The van der Waals surface area contributed by atoms with Crippen molar-refractivity contribution in [2.45, 2.75) is 6.42 Å². The van der Waals surface area contributed by atoms with Gasteiger partial charge in [0.1, 0.15) is 0 Å². The summed E-state index contributed by atoms with van der Waals surface area (Å²) in [5, 5.41) is 12.5. The van der Waals surface area contributed by atoms with Gasteiger partial charge in [0, 0.05) is 31.8 Å². The second-order valence-corrected chi connectivity index (χ2v) is 4.01. The lowest BCUT2D eigenvalue weighted by Gasteiger charge is -2.19. The van der Waals surface area contributed by atoms with E-state index in [9.17, 15) is 14.7 Å². The monoisotopic (exact) mass is 237 g/mol. The van der Waals surface area contributed by atoms with Gasteiger partial charge in [-0.15, -0.1) is 0 Å². The largest absolute Gasteiger partial charge is 0.494 e. The summed E-state index contributed by atoms with van der Waals surface area (Å²) in [5.41, 5.74) is -0.241. The number of nitrogens with one attached hydrogen (secondary N) is 2. The summed E-state index contributed by atoms with van der Waals surface area (Å²) in [5.74, 6) is -0.496. The Hall–Kier alpha value is -1.82. The first kappa shape index (κ1) is 11.7. The van der Waals surface area contributed by atoms with E-state index in [-0.39, 0.29) is 17.4 Å². The van der Waals surface area contributed by atoms with Crippen molar-refractivity contribution in [1.29, 1.82) is 0 Å². The van der Waals surface area contributed by atoms with Crippen LogP contribution in [0.4, 0.5) is 0 Å². The number of aromatic amines is 1. The van der Waals surface area contributed by atoms with Gasteiger partial charge in [-0.25, -0.2) is 0 Å². The number of nitrogens with zero attached hydrogens (tertiary/aromatic N) is 1. The van der Waals surface area contributed by atoms with E-state index in [1.807, 2.05) is 0 Å². The Labute approximate surface area is 98.3 Å². The second-order valence-electron chi connectivity index (χ2n) is 4.01. The molecule has 1 aromatic heterocycles. The molecule has 2 rings (SSSR count). The predicted octanol–water partition coefficient (Wildman–Crippen LogP) is -0.484. The van der Waals surface area contributed by atoms with Gasteiger partial charge < -0.3 is 15.3 Å². The normalized spacial score (nSPS) is 16.6. The maximum atomic E-state index is 12.1. The third kappa shape index (κ3) is 2.85. The highest BCUT2D eigenvalue weighted by atomic mass is 16.3. The highest BCUT2D eigenvalue weighted by Gasteiger charge is 2.17. The van der Waals surface area contributed by atoms with Crippen LogP contribution in [0.25, 0.3) is 0 Å². The van der Waals surface area contributed by atoms with Crippen LogP contribution in [-0.2, 0) is 0 Å². The van der Waals surface area contributed by atoms with Gasteiger partial charge in [-0.05, 0) is 13.0 Å². The van der Waals surface area contributed by atoms with E-state index in [2.05, 4.69) is 10.3 Å². The molecule has 0 spiro atoms. The van der Waals surface area contributed by atoms with Crippen molar-refractivity contribution in [3.63, 3.8) is 0 Å². The van der Waals surface area contributed by atoms with Crippen molar-refractivity contribution in [3.05, 3.63) is 28.0 Å². The van der Waals surface area contributed by atoms with E-state index in [0.717, 1.165) is 19.5 Å². The number of rotatable bonds is 1. The maximum Gasteiger partial charge on any atom is 0.254 e. The van der Waals surface area contributed by atoms with Crippen LogP contribution in [0.2, 0.25) is 0 Å². The molecule has 1 amide bonds. The third-order valence-electron chi connectivity index (χ3n) is 2.70. The van der Waals surface area contributed by atoms with Gasteiger partial charge in [0.15, 0.2) is 5.88 Å². The molecular weight excluding hydrogens is 222 g/mol. The Balaban J connectivity index is 2.20. The second kappa shape index (κ2) is 5.01. The minimum atomic E-state index is -0.471. The zero-order chi connectivity index (χ0) is 12.3. The van der Waals surface area contributed by atoms with Gasteiger partial charge in [-0.2, -0.15) is 0 Å². The minimum absolute atomic E-state index is 0.213. The van der Waals surface area contributed by atoms with E-state index < -0.39 is 5.56 Å². The fourth-order valence-corrected chi connectivity index (χ4v) is 1.88. The van der Waals surface area contributed by atoms with E-state index in [1.54, 1.807) is 4.90 Å². The molecule has 6 nitrogen and oxygen atoms in total. The molecule has 0 radical (unpaired) electrons. The summed E-state index contributed by atoms with van der Waals surface area (Å²) in [7, 11) is 0. The quantitative estimate of drug-likeness (QED) is 0.615. The first-order valence-electron chi connectivity index (χ1n) is 5.60. The molecule has 92 valence electrons. The van der Waals surface area contributed by atoms with E-state index >= 15 is 0 Å². The molecule has 1 fully saturated rings. The molecule has 0 saturated carbocycles. The maximum absolute atomic E-state index is 12.1.